The van der Waals surface area contributed by atoms with Crippen molar-refractivity contribution >= 4 is 66.7 Å². The molecule has 0 fully saturated rings. The van der Waals surface area contributed by atoms with Crippen molar-refractivity contribution in [1.82, 2.24) is 0 Å². The molecule has 1 rings (SSSR count). The molecule has 9 heteroatoms. The van der Waals surface area contributed by atoms with Gasteiger partial charge in [-0.25, -0.2) is 4.39 Å². The van der Waals surface area contributed by atoms with Crippen LogP contribution in [0.1, 0.15) is 0 Å². The van der Waals surface area contributed by atoms with Crippen molar-refractivity contribution in [2.45, 2.75) is 0 Å². The van der Waals surface area contributed by atoms with Crippen LogP contribution in [0.4, 0.5) is 4.39 Å². The zero-order valence-corrected chi connectivity index (χ0v) is 12.4. The smallest absolute Gasteiger partial charge is 0.402 e. The van der Waals surface area contributed by atoms with E-state index in [9.17, 15) is 4.39 Å². The molecule has 15 heavy (non-hydrogen) atoms. The Morgan fingerprint density at radius 3 is 1.93 bits per heavy atom. The second kappa shape index (κ2) is 7.21. The summed E-state index contributed by atoms with van der Waals surface area (Å²) in [4.78, 5) is 0. The van der Waals surface area contributed by atoms with Gasteiger partial charge in [-0.2, -0.15) is 0 Å². The first-order chi connectivity index (χ1) is 6.77. The summed E-state index contributed by atoms with van der Waals surface area (Å²) in [6, 6.07) is 1.49. The molecule has 0 atom stereocenters. The van der Waals surface area contributed by atoms with Crippen molar-refractivity contribution in [1.29, 1.82) is 0 Å². The highest BCUT2D eigenvalue weighted by Gasteiger charge is 2.11. The average Bonchev–Trinajstić information content (AvgIpc) is 2.11. The summed E-state index contributed by atoms with van der Waals surface area (Å²) in [6.07, 6.45) is 0. The number of hydrogen-bond donors (Lipinski definition) is 3. The molecule has 84 valence electrons. The van der Waals surface area contributed by atoms with Crippen LogP contribution in [0.25, 0.3) is 0 Å². The van der Waals surface area contributed by atoms with Crippen molar-refractivity contribution < 1.29 is 19.5 Å². The molecular weight excluding hydrogens is 425 g/mol. The van der Waals surface area contributed by atoms with E-state index in [1.165, 1.54) is 6.07 Å². The summed E-state index contributed by atoms with van der Waals surface area (Å²) in [7, 11) is -2.17. The van der Waals surface area contributed by atoms with E-state index < -0.39 is 13.1 Å². The van der Waals surface area contributed by atoms with E-state index in [1.807, 2.05) is 0 Å². The van der Waals surface area contributed by atoms with Gasteiger partial charge in [-0.15, -0.1) is 0 Å². The lowest BCUT2D eigenvalue weighted by Crippen LogP contribution is -2.07. The minimum absolute atomic E-state index is 0.0898. The molecule has 3 N–H and O–H groups in total. The highest BCUT2D eigenvalue weighted by molar-refractivity contribution is 9.14. The minimum Gasteiger partial charge on any atom is -0.402 e. The fourth-order valence-corrected chi connectivity index (χ4v) is 2.40. The molecule has 0 saturated heterocycles. The Labute approximate surface area is 116 Å². The molecule has 0 bridgehead atoms. The molecule has 0 heterocycles. The molecule has 0 unspecified atom stereocenters. The Hall–Kier alpha value is 0.825. The third-order valence-electron chi connectivity index (χ3n) is 1.06. The Morgan fingerprint density at radius 2 is 1.53 bits per heavy atom. The van der Waals surface area contributed by atoms with E-state index in [0.29, 0.717) is 8.95 Å². The quantitative estimate of drug-likeness (QED) is 0.338. The van der Waals surface area contributed by atoms with Gasteiger partial charge in [0.25, 0.3) is 0 Å². The van der Waals surface area contributed by atoms with Crippen molar-refractivity contribution in [2.24, 2.45) is 0 Å². The molecule has 0 amide bonds. The fraction of sp³-hybridized carbons (Fsp3) is 0. The van der Waals surface area contributed by atoms with Gasteiger partial charge in [-0.05, 0) is 53.9 Å². The van der Waals surface area contributed by atoms with Gasteiger partial charge in [0.15, 0.2) is 5.82 Å². The van der Waals surface area contributed by atoms with Gasteiger partial charge in [0.1, 0.15) is 0 Å². The summed E-state index contributed by atoms with van der Waals surface area (Å²) in [5.41, 5.74) is 0. The molecule has 0 radical (unpaired) electrons. The highest BCUT2D eigenvalue weighted by Crippen LogP contribution is 2.36. The van der Waals surface area contributed by atoms with Crippen molar-refractivity contribution in [3.63, 3.8) is 0 Å². The highest BCUT2D eigenvalue weighted by atomic mass is 79.9. The van der Waals surface area contributed by atoms with Crippen LogP contribution in [0.2, 0.25) is 5.02 Å². The third-order valence-corrected chi connectivity index (χ3v) is 4.59. The Balaban J connectivity index is 0.000000423. The van der Waals surface area contributed by atoms with Crippen molar-refractivity contribution in [2.75, 3.05) is 0 Å². The van der Waals surface area contributed by atoms with Gasteiger partial charge in [-0.3, -0.25) is 0 Å². The normalized spacial score (nSPS) is 9.33. The van der Waals surface area contributed by atoms with Gasteiger partial charge in [0.2, 0.25) is 0 Å². The number of benzene rings is 1. The van der Waals surface area contributed by atoms with Crippen LogP contribution in [0.3, 0.4) is 0 Å². The number of hydrogen-bond acceptors (Lipinski definition) is 3. The molecule has 0 aliphatic carbocycles. The summed E-state index contributed by atoms with van der Waals surface area (Å²) >= 11 is 15.0. The van der Waals surface area contributed by atoms with Crippen LogP contribution < -0.4 is 0 Å². The summed E-state index contributed by atoms with van der Waals surface area (Å²) < 4.78 is 14.6. The molecule has 1 aromatic rings. The first-order valence-corrected chi connectivity index (χ1v) is 6.05. The van der Waals surface area contributed by atoms with Crippen LogP contribution in [-0.4, -0.2) is 22.4 Å². The molecule has 0 saturated carbocycles. The molecule has 1 aromatic carbocycles. The van der Waals surface area contributed by atoms with E-state index in [1.54, 1.807) is 0 Å². The number of rotatable bonds is 0. The zero-order chi connectivity index (χ0) is 12.2. The Kier molecular flexibility index (Phi) is 7.61. The van der Waals surface area contributed by atoms with Crippen LogP contribution in [0.5, 0.6) is 0 Å². The summed E-state index contributed by atoms with van der Waals surface area (Å²) in [5, 5.41) is 21.6. The lowest BCUT2D eigenvalue weighted by molar-refractivity contribution is 0.278. The monoisotopic (exact) mass is 426 g/mol. The van der Waals surface area contributed by atoms with Gasteiger partial charge >= 0.3 is 7.32 Å². The maximum atomic E-state index is 12.9. The molecular formula is C6H4BBr3ClFO3. The third kappa shape index (κ3) is 5.62. The Bertz CT molecular complexity index is 324. The largest absolute Gasteiger partial charge is 0.631 e. The summed E-state index contributed by atoms with van der Waals surface area (Å²) in [6.45, 7) is 0. The molecule has 0 aliphatic rings. The standard InChI is InChI=1S/C6HBr3ClF.BH3O3/c7-2-1-3(10)6(11)5(9)4(2)8;2-1(3)4/h1H;2-4H. The van der Waals surface area contributed by atoms with E-state index in [0.717, 1.165) is 4.47 Å². The van der Waals surface area contributed by atoms with Crippen LogP contribution in [0.15, 0.2) is 19.5 Å². The molecule has 0 aromatic heterocycles. The van der Waals surface area contributed by atoms with Crippen LogP contribution >= 0.6 is 59.4 Å². The maximum Gasteiger partial charge on any atom is 0.631 e. The van der Waals surface area contributed by atoms with Crippen LogP contribution in [-0.2, 0) is 0 Å². The first kappa shape index (κ1) is 15.8. The topological polar surface area (TPSA) is 60.7 Å². The zero-order valence-electron chi connectivity index (χ0n) is 6.89. The molecule has 0 aliphatic heterocycles. The predicted molar refractivity (Wildman–Crippen MR) is 66.9 cm³/mol. The van der Waals surface area contributed by atoms with E-state index in [2.05, 4.69) is 47.8 Å². The van der Waals surface area contributed by atoms with Crippen molar-refractivity contribution in [3.8, 4) is 0 Å². The average molecular weight is 429 g/mol. The minimum atomic E-state index is -2.17. The first-order valence-electron chi connectivity index (χ1n) is 3.30. The SMILES string of the molecule is Fc1c(Cl)cc(Br)c(Br)c1Br.OB(O)O. The van der Waals surface area contributed by atoms with Crippen LogP contribution in [0, 0.1) is 5.82 Å². The Morgan fingerprint density at radius 1 is 1.13 bits per heavy atom. The second-order valence-corrected chi connectivity index (χ2v) is 4.98. The summed E-state index contributed by atoms with van der Waals surface area (Å²) in [5.74, 6) is -0.457. The van der Waals surface area contributed by atoms with E-state index in [4.69, 9.17) is 26.7 Å². The second-order valence-electron chi connectivity index (χ2n) is 2.13. The molecule has 3 nitrogen and oxygen atoms in total. The van der Waals surface area contributed by atoms with Gasteiger partial charge in [-0.1, -0.05) is 11.6 Å². The lowest BCUT2D eigenvalue weighted by Gasteiger charge is -2.02. The fourth-order valence-electron chi connectivity index (χ4n) is 0.544. The van der Waals surface area contributed by atoms with Crippen molar-refractivity contribution in [3.05, 3.63) is 30.3 Å². The van der Waals surface area contributed by atoms with E-state index in [-0.39, 0.29) is 5.02 Å². The van der Waals surface area contributed by atoms with Gasteiger partial charge < -0.3 is 15.1 Å². The lowest BCUT2D eigenvalue weighted by atomic mass is 10.3. The molecule has 0 spiro atoms. The van der Waals surface area contributed by atoms with Gasteiger partial charge in [0, 0.05) is 8.95 Å². The predicted octanol–water partition coefficient (Wildman–Crippen LogP) is 2.71. The maximum absolute atomic E-state index is 12.9. The number of halogens is 5. The van der Waals surface area contributed by atoms with Gasteiger partial charge in [0.05, 0.1) is 9.50 Å². The van der Waals surface area contributed by atoms with E-state index >= 15 is 0 Å².